The lowest BCUT2D eigenvalue weighted by Gasteiger charge is -2.29. The monoisotopic (exact) mass is 298 g/mol. The van der Waals surface area contributed by atoms with Crippen LogP contribution in [0.2, 0.25) is 0 Å². The zero-order valence-corrected chi connectivity index (χ0v) is 12.1. The molecule has 0 amide bonds. The number of carbonyl (C=O) groups is 1. The summed E-state index contributed by atoms with van der Waals surface area (Å²) in [5, 5.41) is 8.86. The lowest BCUT2D eigenvalue weighted by molar-refractivity contribution is 0.0697. The molecule has 0 atom stereocenters. The zero-order valence-electron chi connectivity index (χ0n) is 11.2. The van der Waals surface area contributed by atoms with E-state index < -0.39 is 16.0 Å². The molecule has 0 radical (unpaired) electrons. The van der Waals surface area contributed by atoms with Gasteiger partial charge in [0.1, 0.15) is 4.90 Å². The van der Waals surface area contributed by atoms with E-state index in [1.165, 1.54) is 29.6 Å². The van der Waals surface area contributed by atoms with Crippen molar-refractivity contribution in [2.45, 2.75) is 24.2 Å². The molecule has 1 fully saturated rings. The van der Waals surface area contributed by atoms with Crippen molar-refractivity contribution in [3.8, 4) is 0 Å². The van der Waals surface area contributed by atoms with Crippen molar-refractivity contribution in [3.63, 3.8) is 0 Å². The highest BCUT2D eigenvalue weighted by atomic mass is 32.2. The molecule has 0 saturated heterocycles. The molecule has 0 bridgehead atoms. The number of carboxylic acid groups (broad SMARTS) is 1. The van der Waals surface area contributed by atoms with Crippen LogP contribution in [0.4, 0.5) is 5.69 Å². The number of nitrogens with zero attached hydrogens (tertiary/aromatic N) is 1. The topological polar surface area (TPSA) is 101 Å². The Morgan fingerprint density at radius 3 is 2.55 bits per heavy atom. The highest BCUT2D eigenvalue weighted by Gasteiger charge is 2.28. The van der Waals surface area contributed by atoms with Crippen LogP contribution in [-0.4, -0.2) is 37.4 Å². The summed E-state index contributed by atoms with van der Waals surface area (Å²) < 4.78 is 26.1. The highest BCUT2D eigenvalue weighted by Crippen LogP contribution is 2.29. The lowest BCUT2D eigenvalue weighted by atomic mass is 9.86. The standard InChI is InChI=1S/C13H18N2O4S/c1-15(8-9-3-2-4-9)20(18,19)12-6-5-10(13(16)17)7-11(12)14/h5-7,9H,2-4,8,14H2,1H3,(H,16,17). The van der Waals surface area contributed by atoms with Crippen LogP contribution >= 0.6 is 0 Å². The maximum Gasteiger partial charge on any atom is 0.335 e. The molecule has 1 aliphatic rings. The Balaban J connectivity index is 2.26. The average molecular weight is 298 g/mol. The Hall–Kier alpha value is -1.60. The molecule has 1 aromatic rings. The molecule has 1 aliphatic carbocycles. The average Bonchev–Trinajstić information content (AvgIpc) is 2.32. The number of nitrogen functional groups attached to an aromatic ring is 1. The number of benzene rings is 1. The number of hydrogen-bond acceptors (Lipinski definition) is 4. The molecule has 0 spiro atoms. The fourth-order valence-corrected chi connectivity index (χ4v) is 3.56. The Labute approximate surface area is 118 Å². The first-order chi connectivity index (χ1) is 9.32. The highest BCUT2D eigenvalue weighted by molar-refractivity contribution is 7.89. The third-order valence-corrected chi connectivity index (χ3v) is 5.58. The van der Waals surface area contributed by atoms with Crippen molar-refractivity contribution in [2.75, 3.05) is 19.3 Å². The van der Waals surface area contributed by atoms with Crippen molar-refractivity contribution in [2.24, 2.45) is 5.92 Å². The van der Waals surface area contributed by atoms with Crippen LogP contribution in [-0.2, 0) is 10.0 Å². The minimum absolute atomic E-state index is 0.0249. The van der Waals surface area contributed by atoms with Crippen molar-refractivity contribution in [3.05, 3.63) is 23.8 Å². The van der Waals surface area contributed by atoms with Crippen molar-refractivity contribution in [1.82, 2.24) is 4.31 Å². The first-order valence-electron chi connectivity index (χ1n) is 6.41. The zero-order chi connectivity index (χ0) is 14.9. The molecule has 6 nitrogen and oxygen atoms in total. The van der Waals surface area contributed by atoms with Crippen LogP contribution < -0.4 is 5.73 Å². The molecule has 3 N–H and O–H groups in total. The van der Waals surface area contributed by atoms with Crippen molar-refractivity contribution >= 4 is 21.7 Å². The summed E-state index contributed by atoms with van der Waals surface area (Å²) in [6.07, 6.45) is 3.24. The summed E-state index contributed by atoms with van der Waals surface area (Å²) in [5.41, 5.74) is 5.63. The lowest BCUT2D eigenvalue weighted by Crippen LogP contribution is -2.34. The Bertz CT molecular complexity index is 623. The number of aromatic carboxylic acids is 1. The first-order valence-corrected chi connectivity index (χ1v) is 7.85. The van der Waals surface area contributed by atoms with E-state index in [1.807, 2.05) is 0 Å². The van der Waals surface area contributed by atoms with Crippen molar-refractivity contribution in [1.29, 1.82) is 0 Å². The molecule has 7 heteroatoms. The summed E-state index contributed by atoms with van der Waals surface area (Å²) in [5.74, 6) is -0.724. The van der Waals surface area contributed by atoms with Crippen LogP contribution in [0.1, 0.15) is 29.6 Å². The molecule has 0 aromatic heterocycles. The molecule has 1 aromatic carbocycles. The first kappa shape index (κ1) is 14.8. The molecular formula is C13H18N2O4S. The summed E-state index contributed by atoms with van der Waals surface area (Å²) in [4.78, 5) is 10.8. The van der Waals surface area contributed by atoms with E-state index in [4.69, 9.17) is 10.8 Å². The third-order valence-electron chi connectivity index (χ3n) is 3.69. The number of rotatable bonds is 5. The maximum absolute atomic E-state index is 12.4. The van der Waals surface area contributed by atoms with Gasteiger partial charge in [-0.05, 0) is 37.0 Å². The van der Waals surface area contributed by atoms with Crippen LogP contribution in [0.5, 0.6) is 0 Å². The van der Waals surface area contributed by atoms with E-state index in [1.54, 1.807) is 0 Å². The largest absolute Gasteiger partial charge is 0.478 e. The number of sulfonamides is 1. The molecule has 2 rings (SSSR count). The van der Waals surface area contributed by atoms with E-state index in [0.717, 1.165) is 19.3 Å². The predicted octanol–water partition coefficient (Wildman–Crippen LogP) is 1.39. The number of nitrogens with two attached hydrogens (primary N) is 1. The normalized spacial score (nSPS) is 16.1. The van der Waals surface area contributed by atoms with Gasteiger partial charge in [0.15, 0.2) is 0 Å². The SMILES string of the molecule is CN(CC1CCC1)S(=O)(=O)c1ccc(C(=O)O)cc1N. The van der Waals surface area contributed by atoms with Crippen LogP contribution in [0.25, 0.3) is 0 Å². The minimum Gasteiger partial charge on any atom is -0.478 e. The van der Waals surface area contributed by atoms with E-state index in [9.17, 15) is 13.2 Å². The molecule has 0 heterocycles. The predicted molar refractivity (Wildman–Crippen MR) is 75.0 cm³/mol. The van der Waals surface area contributed by atoms with Crippen LogP contribution in [0.15, 0.2) is 23.1 Å². The summed E-state index contributed by atoms with van der Waals surface area (Å²) in [7, 11) is -2.14. The van der Waals surface area contributed by atoms with Gasteiger partial charge in [-0.25, -0.2) is 17.5 Å². The third kappa shape index (κ3) is 2.78. The maximum atomic E-state index is 12.4. The second-order valence-electron chi connectivity index (χ2n) is 5.14. The Morgan fingerprint density at radius 2 is 2.10 bits per heavy atom. The fraction of sp³-hybridized carbons (Fsp3) is 0.462. The smallest absolute Gasteiger partial charge is 0.335 e. The van der Waals surface area contributed by atoms with Gasteiger partial charge in [-0.15, -0.1) is 0 Å². The van der Waals surface area contributed by atoms with Gasteiger partial charge in [-0.1, -0.05) is 6.42 Å². The van der Waals surface area contributed by atoms with Gasteiger partial charge in [0.05, 0.1) is 11.3 Å². The second kappa shape index (κ2) is 5.41. The molecule has 20 heavy (non-hydrogen) atoms. The van der Waals surface area contributed by atoms with Crippen LogP contribution in [0, 0.1) is 5.92 Å². The van der Waals surface area contributed by atoms with E-state index in [0.29, 0.717) is 12.5 Å². The minimum atomic E-state index is -3.67. The van der Waals surface area contributed by atoms with Gasteiger partial charge in [-0.3, -0.25) is 0 Å². The summed E-state index contributed by atoms with van der Waals surface area (Å²) in [6, 6.07) is 3.68. The van der Waals surface area contributed by atoms with E-state index in [2.05, 4.69) is 0 Å². The number of anilines is 1. The molecule has 0 unspecified atom stereocenters. The quantitative estimate of drug-likeness (QED) is 0.800. The van der Waals surface area contributed by atoms with Gasteiger partial charge in [-0.2, -0.15) is 0 Å². The molecular weight excluding hydrogens is 280 g/mol. The summed E-state index contributed by atoms with van der Waals surface area (Å²) >= 11 is 0. The number of carboxylic acids is 1. The Kier molecular flexibility index (Phi) is 4.01. The fourth-order valence-electron chi connectivity index (χ4n) is 2.22. The Morgan fingerprint density at radius 1 is 1.45 bits per heavy atom. The van der Waals surface area contributed by atoms with Gasteiger partial charge >= 0.3 is 5.97 Å². The van der Waals surface area contributed by atoms with Crippen LogP contribution in [0.3, 0.4) is 0 Å². The van der Waals surface area contributed by atoms with Gasteiger partial charge < -0.3 is 10.8 Å². The van der Waals surface area contributed by atoms with Crippen molar-refractivity contribution < 1.29 is 18.3 Å². The molecule has 0 aliphatic heterocycles. The van der Waals surface area contributed by atoms with Gasteiger partial charge in [0.25, 0.3) is 0 Å². The molecule has 110 valence electrons. The second-order valence-corrected chi connectivity index (χ2v) is 7.15. The van der Waals surface area contributed by atoms with Gasteiger partial charge in [0, 0.05) is 13.6 Å². The van der Waals surface area contributed by atoms with Gasteiger partial charge in [0.2, 0.25) is 10.0 Å². The number of hydrogen-bond donors (Lipinski definition) is 2. The van der Waals surface area contributed by atoms with E-state index >= 15 is 0 Å². The van der Waals surface area contributed by atoms with E-state index in [-0.39, 0.29) is 16.1 Å². The molecule has 1 saturated carbocycles. The summed E-state index contributed by atoms with van der Waals surface area (Å²) in [6.45, 7) is 0.475.